The summed E-state index contributed by atoms with van der Waals surface area (Å²) < 4.78 is 0. The fraction of sp³-hybridized carbons (Fsp3) is 0.0417. The SMILES string of the molecule is Cc1ccc(Cl)cc1N1C(=O)C(Cl)=C(Nc2cccc(C(=O)Nc3cc(Cl)cc(Cl)c3)c2)C1=O. The largest absolute Gasteiger partial charge is 0.350 e. The van der Waals surface area contributed by atoms with E-state index in [9.17, 15) is 14.4 Å². The molecule has 3 amide bonds. The van der Waals surface area contributed by atoms with Crippen molar-refractivity contribution in [2.75, 3.05) is 15.5 Å². The maximum absolute atomic E-state index is 13.1. The summed E-state index contributed by atoms with van der Waals surface area (Å²) in [6, 6.07) is 15.9. The van der Waals surface area contributed by atoms with Crippen molar-refractivity contribution < 1.29 is 14.4 Å². The second-order valence-corrected chi connectivity index (χ2v) is 9.07. The lowest BCUT2D eigenvalue weighted by Crippen LogP contribution is -2.32. The molecule has 10 heteroatoms. The van der Waals surface area contributed by atoms with Gasteiger partial charge in [-0.15, -0.1) is 0 Å². The minimum absolute atomic E-state index is 0.106. The molecule has 1 aliphatic rings. The van der Waals surface area contributed by atoms with Crippen LogP contribution in [0.3, 0.4) is 0 Å². The molecule has 0 saturated heterocycles. The average Bonchev–Trinajstić information content (AvgIpc) is 2.98. The summed E-state index contributed by atoms with van der Waals surface area (Å²) >= 11 is 24.2. The zero-order chi connectivity index (χ0) is 24.6. The molecule has 172 valence electrons. The van der Waals surface area contributed by atoms with Crippen LogP contribution in [-0.4, -0.2) is 17.7 Å². The maximum atomic E-state index is 13.1. The molecule has 0 atom stereocenters. The lowest BCUT2D eigenvalue weighted by molar-refractivity contribution is -0.120. The molecule has 0 fully saturated rings. The lowest BCUT2D eigenvalue weighted by atomic mass is 10.1. The van der Waals surface area contributed by atoms with E-state index < -0.39 is 17.7 Å². The summed E-state index contributed by atoms with van der Waals surface area (Å²) in [6.45, 7) is 1.75. The van der Waals surface area contributed by atoms with Crippen molar-refractivity contribution in [3.63, 3.8) is 0 Å². The molecule has 0 aliphatic carbocycles. The highest BCUT2D eigenvalue weighted by atomic mass is 35.5. The van der Waals surface area contributed by atoms with Gasteiger partial charge in [-0.25, -0.2) is 4.90 Å². The van der Waals surface area contributed by atoms with Crippen molar-refractivity contribution in [2.45, 2.75) is 6.92 Å². The van der Waals surface area contributed by atoms with Gasteiger partial charge in [-0.1, -0.05) is 58.5 Å². The molecule has 0 aromatic heterocycles. The zero-order valence-electron chi connectivity index (χ0n) is 17.5. The summed E-state index contributed by atoms with van der Waals surface area (Å²) in [5, 5.41) is 6.43. The van der Waals surface area contributed by atoms with E-state index in [4.69, 9.17) is 46.4 Å². The molecule has 0 spiro atoms. The Morgan fingerprint density at radius 3 is 2.21 bits per heavy atom. The van der Waals surface area contributed by atoms with E-state index >= 15 is 0 Å². The van der Waals surface area contributed by atoms with Gasteiger partial charge in [0.2, 0.25) is 0 Å². The molecule has 0 saturated carbocycles. The molecular weight excluding hydrogens is 520 g/mol. The van der Waals surface area contributed by atoms with Gasteiger partial charge in [-0.3, -0.25) is 14.4 Å². The number of rotatable bonds is 5. The maximum Gasteiger partial charge on any atom is 0.283 e. The third-order valence-electron chi connectivity index (χ3n) is 4.95. The molecule has 0 radical (unpaired) electrons. The first-order valence-electron chi connectivity index (χ1n) is 9.83. The third kappa shape index (κ3) is 4.91. The average molecular weight is 535 g/mol. The molecule has 4 rings (SSSR count). The van der Waals surface area contributed by atoms with Gasteiger partial charge in [0, 0.05) is 32.0 Å². The van der Waals surface area contributed by atoms with E-state index in [1.54, 1.807) is 55.5 Å². The number of halogens is 4. The molecule has 3 aromatic carbocycles. The van der Waals surface area contributed by atoms with Gasteiger partial charge in [0.25, 0.3) is 17.7 Å². The number of benzene rings is 3. The molecule has 0 bridgehead atoms. The smallest absolute Gasteiger partial charge is 0.283 e. The van der Waals surface area contributed by atoms with E-state index in [2.05, 4.69) is 10.6 Å². The van der Waals surface area contributed by atoms with Crippen LogP contribution in [0.5, 0.6) is 0 Å². The molecule has 3 aromatic rings. The Balaban J connectivity index is 1.56. The first kappa shape index (κ1) is 24.1. The second-order valence-electron chi connectivity index (χ2n) is 7.38. The van der Waals surface area contributed by atoms with E-state index in [1.165, 1.54) is 12.1 Å². The Labute approximate surface area is 215 Å². The van der Waals surface area contributed by atoms with Gasteiger partial charge >= 0.3 is 0 Å². The highest BCUT2D eigenvalue weighted by Crippen LogP contribution is 2.33. The van der Waals surface area contributed by atoms with Crippen LogP contribution in [0.15, 0.2) is 71.4 Å². The number of hydrogen-bond donors (Lipinski definition) is 2. The molecule has 0 unspecified atom stereocenters. The van der Waals surface area contributed by atoms with Crippen molar-refractivity contribution in [1.29, 1.82) is 0 Å². The van der Waals surface area contributed by atoms with Crippen LogP contribution in [0, 0.1) is 6.92 Å². The second kappa shape index (κ2) is 9.68. The van der Waals surface area contributed by atoms with Crippen LogP contribution in [0.1, 0.15) is 15.9 Å². The number of imide groups is 1. The molecule has 2 N–H and O–H groups in total. The number of carbonyl (C=O) groups is 3. The lowest BCUT2D eigenvalue weighted by Gasteiger charge is -2.18. The molecule has 34 heavy (non-hydrogen) atoms. The molecule has 1 heterocycles. The number of nitrogens with zero attached hydrogens (tertiary/aromatic N) is 1. The van der Waals surface area contributed by atoms with Crippen molar-refractivity contribution in [3.8, 4) is 0 Å². The molecule has 6 nitrogen and oxygen atoms in total. The first-order valence-corrected chi connectivity index (χ1v) is 11.3. The van der Waals surface area contributed by atoms with E-state index in [1.807, 2.05) is 0 Å². The van der Waals surface area contributed by atoms with Crippen molar-refractivity contribution in [1.82, 2.24) is 0 Å². The monoisotopic (exact) mass is 533 g/mol. The van der Waals surface area contributed by atoms with Gasteiger partial charge in [-0.05, 0) is 61.0 Å². The molecule has 1 aliphatic heterocycles. The number of aryl methyl sites for hydroxylation is 1. The topological polar surface area (TPSA) is 78.5 Å². The molecular formula is C24H15Cl4N3O3. The van der Waals surface area contributed by atoms with Gasteiger partial charge in [0.15, 0.2) is 0 Å². The van der Waals surface area contributed by atoms with Crippen molar-refractivity contribution in [3.05, 3.63) is 97.6 Å². The highest BCUT2D eigenvalue weighted by Gasteiger charge is 2.39. The van der Waals surface area contributed by atoms with Crippen molar-refractivity contribution >= 4 is 81.2 Å². The summed E-state index contributed by atoms with van der Waals surface area (Å²) in [5.74, 6) is -1.73. The van der Waals surface area contributed by atoms with Crippen LogP contribution in [0.25, 0.3) is 0 Å². The predicted octanol–water partition coefficient (Wildman–Crippen LogP) is 6.64. The summed E-state index contributed by atoms with van der Waals surface area (Å²) in [7, 11) is 0. The van der Waals surface area contributed by atoms with E-state index in [0.29, 0.717) is 37.7 Å². The Kier molecular flexibility index (Phi) is 6.86. The number of anilines is 3. The Morgan fingerprint density at radius 1 is 0.794 bits per heavy atom. The van der Waals surface area contributed by atoms with Crippen LogP contribution in [0.4, 0.5) is 17.1 Å². The Bertz CT molecular complexity index is 1370. The standard InChI is InChI=1S/C24H15Cl4N3O3/c1-12-5-6-14(25)11-19(12)31-23(33)20(28)21(24(31)34)29-17-4-2-3-13(7-17)22(32)30-18-9-15(26)8-16(27)10-18/h2-11,29H,1H3,(H,30,32). The number of nitrogens with one attached hydrogen (secondary N) is 2. The summed E-state index contributed by atoms with van der Waals surface area (Å²) in [4.78, 5) is 39.5. The fourth-order valence-corrected chi connectivity index (χ4v) is 4.27. The van der Waals surface area contributed by atoms with Crippen LogP contribution in [-0.2, 0) is 9.59 Å². The van der Waals surface area contributed by atoms with Crippen molar-refractivity contribution in [2.24, 2.45) is 0 Å². The Hall–Kier alpha value is -3.03. The number of hydrogen-bond acceptors (Lipinski definition) is 4. The summed E-state index contributed by atoms with van der Waals surface area (Å²) in [6.07, 6.45) is 0. The minimum Gasteiger partial charge on any atom is -0.350 e. The number of carbonyl (C=O) groups excluding carboxylic acids is 3. The summed E-state index contributed by atoms with van der Waals surface area (Å²) in [5.41, 5.74) is 2.01. The zero-order valence-corrected chi connectivity index (χ0v) is 20.5. The van der Waals surface area contributed by atoms with Crippen LogP contribution >= 0.6 is 46.4 Å². The van der Waals surface area contributed by atoms with Gasteiger partial charge in [0.05, 0.1) is 5.69 Å². The Morgan fingerprint density at radius 2 is 1.50 bits per heavy atom. The van der Waals surface area contributed by atoms with Gasteiger partial charge in [-0.2, -0.15) is 0 Å². The van der Waals surface area contributed by atoms with Gasteiger partial charge in [0.1, 0.15) is 10.7 Å². The predicted molar refractivity (Wildman–Crippen MR) is 136 cm³/mol. The van der Waals surface area contributed by atoms with Crippen LogP contribution in [0.2, 0.25) is 15.1 Å². The highest BCUT2D eigenvalue weighted by molar-refractivity contribution is 6.53. The minimum atomic E-state index is -0.675. The van der Waals surface area contributed by atoms with Gasteiger partial charge < -0.3 is 10.6 Å². The quantitative estimate of drug-likeness (QED) is 0.359. The normalized spacial score (nSPS) is 13.5. The third-order valence-corrected chi connectivity index (χ3v) is 5.98. The van der Waals surface area contributed by atoms with Crippen LogP contribution < -0.4 is 15.5 Å². The first-order chi connectivity index (χ1) is 16.1. The van der Waals surface area contributed by atoms with E-state index in [-0.39, 0.29) is 16.3 Å². The fourth-order valence-electron chi connectivity index (χ4n) is 3.37. The number of amides is 3. The van der Waals surface area contributed by atoms with E-state index in [0.717, 1.165) is 4.90 Å².